The number of amides is 1. The van der Waals surface area contributed by atoms with E-state index in [4.69, 9.17) is 0 Å². The molecule has 25 heavy (non-hydrogen) atoms. The van der Waals surface area contributed by atoms with Gasteiger partial charge in [0.1, 0.15) is 11.3 Å². The Labute approximate surface area is 141 Å². The highest BCUT2D eigenvalue weighted by molar-refractivity contribution is 5.78. The summed E-state index contributed by atoms with van der Waals surface area (Å²) in [6.45, 7) is 0.672. The summed E-state index contributed by atoms with van der Waals surface area (Å²) in [6, 6.07) is 7.42. The standard InChI is InChI=1S/C17H16FN5O2/c18-12-5-3-11(4-6-12)13-7-14-17(25)21-20-15(23(14)22-13)8-16(24)19-9-10-1-2-10/h3-7,10H,1-2,8-9H2,(H,19,24)(H,21,25). The summed E-state index contributed by atoms with van der Waals surface area (Å²) in [5, 5.41) is 13.6. The van der Waals surface area contributed by atoms with E-state index >= 15 is 0 Å². The fourth-order valence-corrected chi connectivity index (χ4v) is 2.62. The molecule has 0 bridgehead atoms. The highest BCUT2D eigenvalue weighted by atomic mass is 19.1. The number of H-pyrrole nitrogens is 1. The van der Waals surface area contributed by atoms with Gasteiger partial charge in [-0.25, -0.2) is 14.0 Å². The Morgan fingerprint density at radius 2 is 2.08 bits per heavy atom. The molecule has 0 saturated heterocycles. The molecule has 2 heterocycles. The second kappa shape index (κ2) is 6.12. The number of aromatic amines is 1. The van der Waals surface area contributed by atoms with Crippen LogP contribution in [0.5, 0.6) is 0 Å². The molecule has 1 fully saturated rings. The van der Waals surface area contributed by atoms with Crippen LogP contribution in [0.1, 0.15) is 18.7 Å². The Morgan fingerprint density at radius 3 is 2.80 bits per heavy atom. The first-order chi connectivity index (χ1) is 12.1. The van der Waals surface area contributed by atoms with Gasteiger partial charge in [-0.2, -0.15) is 10.2 Å². The normalized spacial score (nSPS) is 14.0. The number of nitrogens with one attached hydrogen (secondary N) is 2. The van der Waals surface area contributed by atoms with Crippen LogP contribution >= 0.6 is 0 Å². The van der Waals surface area contributed by atoms with Crippen molar-refractivity contribution in [2.75, 3.05) is 6.54 Å². The molecule has 4 rings (SSSR count). The van der Waals surface area contributed by atoms with E-state index in [1.807, 2.05) is 0 Å². The highest BCUT2D eigenvalue weighted by Crippen LogP contribution is 2.27. The van der Waals surface area contributed by atoms with Gasteiger partial charge in [0.25, 0.3) is 5.56 Å². The average molecular weight is 341 g/mol. The lowest BCUT2D eigenvalue weighted by Crippen LogP contribution is -2.29. The summed E-state index contributed by atoms with van der Waals surface area (Å²) in [5.41, 5.74) is 1.08. The van der Waals surface area contributed by atoms with Crippen molar-refractivity contribution in [2.45, 2.75) is 19.3 Å². The van der Waals surface area contributed by atoms with Crippen molar-refractivity contribution < 1.29 is 9.18 Å². The first-order valence-corrected chi connectivity index (χ1v) is 8.10. The number of aromatic nitrogens is 4. The van der Waals surface area contributed by atoms with Crippen LogP contribution in [0, 0.1) is 11.7 Å². The van der Waals surface area contributed by atoms with Crippen molar-refractivity contribution in [3.05, 3.63) is 52.3 Å². The molecule has 2 N–H and O–H groups in total. The lowest BCUT2D eigenvalue weighted by molar-refractivity contribution is -0.120. The van der Waals surface area contributed by atoms with Crippen LogP contribution in [0.3, 0.4) is 0 Å². The average Bonchev–Trinajstić information content (AvgIpc) is 3.32. The highest BCUT2D eigenvalue weighted by Gasteiger charge is 2.22. The van der Waals surface area contributed by atoms with Gasteiger partial charge in [-0.05, 0) is 49.1 Å². The molecule has 0 unspecified atom stereocenters. The molecule has 1 aromatic carbocycles. The zero-order valence-electron chi connectivity index (χ0n) is 13.3. The quantitative estimate of drug-likeness (QED) is 0.731. The fourth-order valence-electron chi connectivity index (χ4n) is 2.62. The SMILES string of the molecule is O=C(Cc1n[nH]c(=O)c2cc(-c3ccc(F)cc3)nn12)NCC1CC1. The number of rotatable bonds is 5. The molecular formula is C17H16FN5O2. The van der Waals surface area contributed by atoms with Gasteiger partial charge in [-0.15, -0.1) is 0 Å². The molecule has 8 heteroatoms. The summed E-state index contributed by atoms with van der Waals surface area (Å²) in [6.07, 6.45) is 2.33. The van der Waals surface area contributed by atoms with E-state index in [1.165, 1.54) is 16.6 Å². The molecule has 0 aliphatic heterocycles. The number of hydrogen-bond donors (Lipinski definition) is 2. The third-order valence-corrected chi connectivity index (χ3v) is 4.22. The zero-order chi connectivity index (χ0) is 17.4. The van der Waals surface area contributed by atoms with Crippen LogP contribution < -0.4 is 10.9 Å². The zero-order valence-corrected chi connectivity index (χ0v) is 13.3. The number of halogens is 1. The molecule has 1 amide bonds. The minimum absolute atomic E-state index is 0.0184. The molecule has 0 radical (unpaired) electrons. The van der Waals surface area contributed by atoms with Crippen molar-refractivity contribution >= 4 is 11.4 Å². The van der Waals surface area contributed by atoms with E-state index in [2.05, 4.69) is 20.6 Å². The third kappa shape index (κ3) is 3.28. The van der Waals surface area contributed by atoms with Gasteiger partial charge in [0.2, 0.25) is 5.91 Å². The summed E-state index contributed by atoms with van der Waals surface area (Å²) >= 11 is 0. The number of nitrogens with zero attached hydrogens (tertiary/aromatic N) is 3. The van der Waals surface area contributed by atoms with Crippen LogP contribution in [0.2, 0.25) is 0 Å². The first kappa shape index (κ1) is 15.5. The molecule has 1 aliphatic carbocycles. The van der Waals surface area contributed by atoms with Crippen LogP contribution in [0.15, 0.2) is 35.1 Å². The van der Waals surface area contributed by atoms with E-state index in [0.717, 1.165) is 12.8 Å². The lowest BCUT2D eigenvalue weighted by atomic mass is 10.1. The van der Waals surface area contributed by atoms with E-state index in [-0.39, 0.29) is 18.1 Å². The Morgan fingerprint density at radius 1 is 1.32 bits per heavy atom. The van der Waals surface area contributed by atoms with Crippen molar-refractivity contribution in [3.8, 4) is 11.3 Å². The van der Waals surface area contributed by atoms with Crippen LogP contribution in [-0.4, -0.2) is 32.3 Å². The van der Waals surface area contributed by atoms with Gasteiger partial charge in [-0.3, -0.25) is 9.59 Å². The van der Waals surface area contributed by atoms with Crippen molar-refractivity contribution in [1.82, 2.24) is 25.1 Å². The smallest absolute Gasteiger partial charge is 0.290 e. The summed E-state index contributed by atoms with van der Waals surface area (Å²) in [5.74, 6) is 0.421. The molecule has 2 aromatic heterocycles. The Hall–Kier alpha value is -3.03. The topological polar surface area (TPSA) is 92.2 Å². The molecular weight excluding hydrogens is 325 g/mol. The predicted octanol–water partition coefficient (Wildman–Crippen LogP) is 1.29. The molecule has 1 aliphatic rings. The Bertz CT molecular complexity index is 988. The van der Waals surface area contributed by atoms with Gasteiger partial charge in [0.05, 0.1) is 12.1 Å². The fraction of sp³-hybridized carbons (Fsp3) is 0.294. The van der Waals surface area contributed by atoms with Gasteiger partial charge in [0.15, 0.2) is 5.82 Å². The van der Waals surface area contributed by atoms with Gasteiger partial charge in [0, 0.05) is 12.1 Å². The molecule has 0 atom stereocenters. The maximum atomic E-state index is 13.1. The van der Waals surface area contributed by atoms with E-state index in [9.17, 15) is 14.0 Å². The van der Waals surface area contributed by atoms with Gasteiger partial charge < -0.3 is 5.32 Å². The van der Waals surface area contributed by atoms with Crippen molar-refractivity contribution in [3.63, 3.8) is 0 Å². The van der Waals surface area contributed by atoms with E-state index < -0.39 is 5.56 Å². The molecule has 128 valence electrons. The molecule has 3 aromatic rings. The molecule has 0 spiro atoms. The predicted molar refractivity (Wildman–Crippen MR) is 88.4 cm³/mol. The number of benzene rings is 1. The van der Waals surface area contributed by atoms with Crippen LogP contribution in [0.25, 0.3) is 16.8 Å². The van der Waals surface area contributed by atoms with Crippen LogP contribution in [0.4, 0.5) is 4.39 Å². The Kier molecular flexibility index (Phi) is 3.79. The van der Waals surface area contributed by atoms with Crippen LogP contribution in [-0.2, 0) is 11.2 Å². The van der Waals surface area contributed by atoms with E-state index in [1.54, 1.807) is 18.2 Å². The number of hydrogen-bond acceptors (Lipinski definition) is 4. The Balaban J connectivity index is 1.65. The van der Waals surface area contributed by atoms with Gasteiger partial charge >= 0.3 is 0 Å². The van der Waals surface area contributed by atoms with Gasteiger partial charge in [-0.1, -0.05) is 0 Å². The second-order valence-electron chi connectivity index (χ2n) is 6.23. The maximum absolute atomic E-state index is 13.1. The van der Waals surface area contributed by atoms with E-state index in [0.29, 0.717) is 35.1 Å². The minimum Gasteiger partial charge on any atom is -0.355 e. The second-order valence-corrected chi connectivity index (χ2v) is 6.23. The van der Waals surface area contributed by atoms with Crippen molar-refractivity contribution in [2.24, 2.45) is 5.92 Å². The molecule has 7 nitrogen and oxygen atoms in total. The number of carbonyl (C=O) groups excluding carboxylic acids is 1. The summed E-state index contributed by atoms with van der Waals surface area (Å²) in [7, 11) is 0. The third-order valence-electron chi connectivity index (χ3n) is 4.22. The summed E-state index contributed by atoms with van der Waals surface area (Å²) < 4.78 is 14.4. The van der Waals surface area contributed by atoms with Crippen molar-refractivity contribution in [1.29, 1.82) is 0 Å². The largest absolute Gasteiger partial charge is 0.355 e. The minimum atomic E-state index is -0.400. The number of fused-ring (bicyclic) bond motifs is 1. The number of carbonyl (C=O) groups is 1. The molecule has 1 saturated carbocycles. The summed E-state index contributed by atoms with van der Waals surface area (Å²) in [4.78, 5) is 24.1. The monoisotopic (exact) mass is 341 g/mol. The first-order valence-electron chi connectivity index (χ1n) is 8.10. The lowest BCUT2D eigenvalue weighted by Gasteiger charge is -2.04. The maximum Gasteiger partial charge on any atom is 0.290 e.